The molecule has 2 atom stereocenters. The Labute approximate surface area is 137 Å². The lowest BCUT2D eigenvalue weighted by atomic mass is 9.98. The van der Waals surface area contributed by atoms with Crippen molar-refractivity contribution in [1.29, 1.82) is 0 Å². The van der Waals surface area contributed by atoms with Crippen molar-refractivity contribution in [3.8, 4) is 0 Å². The lowest BCUT2D eigenvalue weighted by Crippen LogP contribution is -2.30. The molecule has 0 spiro atoms. The van der Waals surface area contributed by atoms with Gasteiger partial charge >= 0.3 is 0 Å². The van der Waals surface area contributed by atoms with E-state index in [1.165, 1.54) is 35.5 Å². The summed E-state index contributed by atoms with van der Waals surface area (Å²) in [6, 6.07) is 2.11. The molecular weight excluding hydrogens is 354 g/mol. The molecule has 3 rings (SSSR count). The van der Waals surface area contributed by atoms with Crippen LogP contribution in [0.1, 0.15) is 39.4 Å². The molecule has 1 saturated carbocycles. The highest BCUT2D eigenvalue weighted by Crippen LogP contribution is 2.33. The standard InChI is InChI=1S/C15H20BrNOS2/c16-7-10-2-1-3-11(10)8-17-15(18)14-6-12-9-19-5-4-13(12)20-14/h6,10-11H,1-5,7-9H2,(H,17,18). The Bertz CT molecular complexity index is 465. The molecule has 5 heteroatoms. The van der Waals surface area contributed by atoms with Crippen LogP contribution in [0.5, 0.6) is 0 Å². The number of nitrogens with one attached hydrogen (secondary N) is 1. The maximum atomic E-state index is 12.3. The molecule has 1 aliphatic carbocycles. The summed E-state index contributed by atoms with van der Waals surface area (Å²) in [5, 5.41) is 4.23. The number of aryl methyl sites for hydroxylation is 1. The van der Waals surface area contributed by atoms with Gasteiger partial charge in [0.1, 0.15) is 0 Å². The first-order valence-corrected chi connectivity index (χ1v) is 10.4. The van der Waals surface area contributed by atoms with Crippen LogP contribution < -0.4 is 5.32 Å². The van der Waals surface area contributed by atoms with Gasteiger partial charge in [-0.1, -0.05) is 22.4 Å². The number of thiophene rings is 1. The zero-order valence-corrected chi connectivity index (χ0v) is 14.7. The average molecular weight is 374 g/mol. The highest BCUT2D eigenvalue weighted by atomic mass is 79.9. The predicted molar refractivity (Wildman–Crippen MR) is 91.1 cm³/mol. The third-order valence-electron chi connectivity index (χ3n) is 4.39. The first kappa shape index (κ1) is 14.9. The fourth-order valence-corrected chi connectivity index (χ4v) is 6.30. The first-order chi connectivity index (χ1) is 9.78. The SMILES string of the molecule is O=C(NCC1CCCC1CBr)c1cc2c(s1)CCSC2. The Morgan fingerprint density at radius 2 is 2.25 bits per heavy atom. The summed E-state index contributed by atoms with van der Waals surface area (Å²) in [5.41, 5.74) is 1.38. The van der Waals surface area contributed by atoms with E-state index >= 15 is 0 Å². The molecule has 1 amide bonds. The second kappa shape index (κ2) is 6.84. The number of hydrogen-bond acceptors (Lipinski definition) is 3. The summed E-state index contributed by atoms with van der Waals surface area (Å²) in [7, 11) is 0. The Hall–Kier alpha value is -0.000000000000000111. The van der Waals surface area contributed by atoms with Crippen LogP contribution in [0.4, 0.5) is 0 Å². The largest absolute Gasteiger partial charge is 0.351 e. The number of carbonyl (C=O) groups excluding carboxylic acids is 1. The van der Waals surface area contributed by atoms with E-state index in [9.17, 15) is 4.79 Å². The van der Waals surface area contributed by atoms with Gasteiger partial charge in [-0.05, 0) is 48.5 Å². The van der Waals surface area contributed by atoms with Gasteiger partial charge in [0.15, 0.2) is 0 Å². The Morgan fingerprint density at radius 1 is 1.40 bits per heavy atom. The van der Waals surface area contributed by atoms with Crippen molar-refractivity contribution in [2.45, 2.75) is 31.4 Å². The summed E-state index contributed by atoms with van der Waals surface area (Å²) in [5.74, 6) is 3.80. The molecule has 0 saturated heterocycles. The van der Waals surface area contributed by atoms with Gasteiger partial charge in [0.25, 0.3) is 5.91 Å². The molecular formula is C15H20BrNOS2. The third kappa shape index (κ3) is 3.25. The van der Waals surface area contributed by atoms with Crippen LogP contribution in [0.25, 0.3) is 0 Å². The molecule has 1 aromatic rings. The van der Waals surface area contributed by atoms with Crippen LogP contribution in [0, 0.1) is 11.8 Å². The van der Waals surface area contributed by atoms with E-state index in [-0.39, 0.29) is 5.91 Å². The second-order valence-corrected chi connectivity index (χ2v) is 8.57. The third-order valence-corrected chi connectivity index (χ3v) is 7.47. The fourth-order valence-electron chi connectivity index (χ4n) is 3.16. The van der Waals surface area contributed by atoms with E-state index in [0.29, 0.717) is 5.92 Å². The minimum absolute atomic E-state index is 0.134. The smallest absolute Gasteiger partial charge is 0.261 e. The maximum Gasteiger partial charge on any atom is 0.261 e. The van der Waals surface area contributed by atoms with E-state index in [0.717, 1.165) is 34.8 Å². The van der Waals surface area contributed by atoms with Gasteiger partial charge in [-0.3, -0.25) is 4.79 Å². The number of hydrogen-bond donors (Lipinski definition) is 1. The topological polar surface area (TPSA) is 29.1 Å². The molecule has 2 unspecified atom stereocenters. The van der Waals surface area contributed by atoms with E-state index in [1.807, 2.05) is 11.8 Å². The van der Waals surface area contributed by atoms with Crippen LogP contribution >= 0.6 is 39.0 Å². The Balaban J connectivity index is 1.57. The van der Waals surface area contributed by atoms with Crippen molar-refractivity contribution in [1.82, 2.24) is 5.32 Å². The molecule has 110 valence electrons. The maximum absolute atomic E-state index is 12.3. The molecule has 2 heterocycles. The van der Waals surface area contributed by atoms with Crippen molar-refractivity contribution in [3.05, 3.63) is 21.4 Å². The monoisotopic (exact) mass is 373 g/mol. The Kier molecular flexibility index (Phi) is 5.10. The summed E-state index contributed by atoms with van der Waals surface area (Å²) in [6.45, 7) is 0.840. The number of alkyl halides is 1. The summed E-state index contributed by atoms with van der Waals surface area (Å²) >= 11 is 7.26. The van der Waals surface area contributed by atoms with Gasteiger partial charge in [-0.15, -0.1) is 11.3 Å². The molecule has 1 fully saturated rings. The number of amides is 1. The second-order valence-electron chi connectivity index (χ2n) is 5.68. The van der Waals surface area contributed by atoms with Crippen LogP contribution in [0.15, 0.2) is 6.07 Å². The molecule has 1 N–H and O–H groups in total. The van der Waals surface area contributed by atoms with Gasteiger partial charge in [0.2, 0.25) is 0 Å². The summed E-state index contributed by atoms with van der Waals surface area (Å²) < 4.78 is 0. The van der Waals surface area contributed by atoms with Crippen molar-refractivity contribution in [2.24, 2.45) is 11.8 Å². The van der Waals surface area contributed by atoms with Crippen molar-refractivity contribution >= 4 is 44.9 Å². The summed E-state index contributed by atoms with van der Waals surface area (Å²) in [6.07, 6.45) is 5.00. The molecule has 0 radical (unpaired) electrons. The molecule has 1 aromatic heterocycles. The van der Waals surface area contributed by atoms with Crippen molar-refractivity contribution in [2.75, 3.05) is 17.6 Å². The average Bonchev–Trinajstić information content (AvgIpc) is 3.10. The van der Waals surface area contributed by atoms with E-state index in [4.69, 9.17) is 0 Å². The van der Waals surface area contributed by atoms with Gasteiger partial charge < -0.3 is 5.32 Å². The number of thioether (sulfide) groups is 1. The lowest BCUT2D eigenvalue weighted by Gasteiger charge is -2.17. The molecule has 0 bridgehead atoms. The highest BCUT2D eigenvalue weighted by molar-refractivity contribution is 9.09. The first-order valence-electron chi connectivity index (χ1n) is 7.31. The predicted octanol–water partition coefficient (Wildman–Crippen LogP) is 4.08. The van der Waals surface area contributed by atoms with Crippen molar-refractivity contribution in [3.63, 3.8) is 0 Å². The molecule has 1 aliphatic heterocycles. The van der Waals surface area contributed by atoms with Crippen LogP contribution in [-0.2, 0) is 12.2 Å². The number of carbonyl (C=O) groups is 1. The van der Waals surface area contributed by atoms with Crippen molar-refractivity contribution < 1.29 is 4.79 Å². The highest BCUT2D eigenvalue weighted by Gasteiger charge is 2.27. The number of fused-ring (bicyclic) bond motifs is 1. The molecule has 2 aliphatic rings. The fraction of sp³-hybridized carbons (Fsp3) is 0.667. The zero-order valence-electron chi connectivity index (χ0n) is 11.5. The van der Waals surface area contributed by atoms with Gasteiger partial charge in [0.05, 0.1) is 4.88 Å². The minimum Gasteiger partial charge on any atom is -0.351 e. The number of rotatable bonds is 4. The zero-order chi connectivity index (χ0) is 13.9. The van der Waals surface area contributed by atoms with Crippen LogP contribution in [0.3, 0.4) is 0 Å². The number of halogens is 1. The van der Waals surface area contributed by atoms with Gasteiger partial charge in [0, 0.05) is 22.5 Å². The molecule has 2 nitrogen and oxygen atoms in total. The van der Waals surface area contributed by atoms with Gasteiger partial charge in [-0.25, -0.2) is 0 Å². The van der Waals surface area contributed by atoms with E-state index < -0.39 is 0 Å². The lowest BCUT2D eigenvalue weighted by molar-refractivity contribution is 0.0949. The molecule has 20 heavy (non-hydrogen) atoms. The van der Waals surface area contributed by atoms with Crippen LogP contribution in [0.2, 0.25) is 0 Å². The van der Waals surface area contributed by atoms with E-state index in [2.05, 4.69) is 27.3 Å². The van der Waals surface area contributed by atoms with E-state index in [1.54, 1.807) is 11.3 Å². The minimum atomic E-state index is 0.134. The quantitative estimate of drug-likeness (QED) is 0.805. The molecule has 0 aromatic carbocycles. The Morgan fingerprint density at radius 3 is 3.05 bits per heavy atom. The van der Waals surface area contributed by atoms with Gasteiger partial charge in [-0.2, -0.15) is 11.8 Å². The summed E-state index contributed by atoms with van der Waals surface area (Å²) in [4.78, 5) is 14.6. The van der Waals surface area contributed by atoms with Crippen LogP contribution in [-0.4, -0.2) is 23.5 Å². The normalized spacial score (nSPS) is 25.4.